The van der Waals surface area contributed by atoms with Crippen molar-refractivity contribution >= 4 is 5.97 Å². The Morgan fingerprint density at radius 2 is 1.36 bits per heavy atom. The minimum atomic E-state index is -7.12. The van der Waals surface area contributed by atoms with Crippen LogP contribution in [-0.2, 0) is 9.53 Å². The molecule has 28 heavy (non-hydrogen) atoms. The van der Waals surface area contributed by atoms with Crippen molar-refractivity contribution in [1.82, 2.24) is 0 Å². The molecule has 0 aromatic heterocycles. The third-order valence-corrected chi connectivity index (χ3v) is 5.00. The minimum absolute atomic E-state index is 0.161. The highest BCUT2D eigenvalue weighted by Crippen LogP contribution is 2.75. The van der Waals surface area contributed by atoms with E-state index in [1.807, 2.05) is 0 Å². The topological polar surface area (TPSA) is 87.0 Å². The molecule has 2 aliphatic carbocycles. The zero-order chi connectivity index (χ0) is 22.4. The molecule has 0 heterocycles. The number of halogens is 10. The van der Waals surface area contributed by atoms with Gasteiger partial charge in [0.1, 0.15) is 6.67 Å². The van der Waals surface area contributed by atoms with Crippen molar-refractivity contribution < 1.29 is 68.8 Å². The summed E-state index contributed by atoms with van der Waals surface area (Å²) in [5.74, 6) is -35.9. The number of esters is 1. The van der Waals surface area contributed by atoms with E-state index in [2.05, 4.69) is 11.3 Å². The highest BCUT2D eigenvalue weighted by molar-refractivity contribution is 5.82. The van der Waals surface area contributed by atoms with Crippen LogP contribution in [0.15, 0.2) is 12.7 Å². The first kappa shape index (κ1) is 22.7. The largest absolute Gasteiger partial charge is 0.442 e. The van der Waals surface area contributed by atoms with Crippen molar-refractivity contribution in [3.63, 3.8) is 0 Å². The van der Waals surface area contributed by atoms with E-state index in [-0.39, 0.29) is 6.08 Å². The van der Waals surface area contributed by atoms with Crippen molar-refractivity contribution in [1.29, 1.82) is 0 Å². The Balaban J connectivity index is 3.09. The van der Waals surface area contributed by atoms with Gasteiger partial charge in [-0.3, -0.25) is 0 Å². The summed E-state index contributed by atoms with van der Waals surface area (Å²) in [6.45, 7) is -0.422. The Kier molecular flexibility index (Phi) is 4.29. The second-order valence-electron chi connectivity index (χ2n) is 6.42. The molecule has 0 aromatic carbocycles. The van der Waals surface area contributed by atoms with E-state index < -0.39 is 65.4 Å². The Labute approximate surface area is 148 Å². The van der Waals surface area contributed by atoms with Crippen molar-refractivity contribution in [2.75, 3.05) is 6.67 Å². The van der Waals surface area contributed by atoms with Crippen molar-refractivity contribution in [3.8, 4) is 0 Å². The molecule has 0 aromatic rings. The van der Waals surface area contributed by atoms with Gasteiger partial charge in [0, 0.05) is 12.5 Å². The van der Waals surface area contributed by atoms with Crippen LogP contribution < -0.4 is 0 Å². The van der Waals surface area contributed by atoms with Gasteiger partial charge in [-0.1, -0.05) is 6.58 Å². The molecular weight excluding hydrogens is 426 g/mol. The third-order valence-electron chi connectivity index (χ3n) is 5.00. The van der Waals surface area contributed by atoms with Crippen LogP contribution in [0.2, 0.25) is 0 Å². The molecule has 2 rings (SSSR count). The van der Waals surface area contributed by atoms with Crippen molar-refractivity contribution in [3.05, 3.63) is 12.7 Å². The maximum absolute atomic E-state index is 14.6. The quantitative estimate of drug-likeness (QED) is 0.355. The summed E-state index contributed by atoms with van der Waals surface area (Å²) in [4.78, 5) is 11.2. The van der Waals surface area contributed by atoms with Crippen LogP contribution in [0.1, 0.15) is 6.42 Å². The first-order chi connectivity index (χ1) is 12.2. The van der Waals surface area contributed by atoms with E-state index in [1.165, 1.54) is 0 Å². The van der Waals surface area contributed by atoms with Gasteiger partial charge in [-0.15, -0.1) is 0 Å². The Morgan fingerprint density at radius 3 is 1.75 bits per heavy atom. The van der Waals surface area contributed by atoms with Crippen LogP contribution in [0.25, 0.3) is 0 Å². The lowest BCUT2D eigenvalue weighted by molar-refractivity contribution is -0.550. The summed E-state index contributed by atoms with van der Waals surface area (Å²) >= 11 is 0. The van der Waals surface area contributed by atoms with Gasteiger partial charge in [-0.2, -0.15) is 39.5 Å². The minimum Gasteiger partial charge on any atom is -0.442 e. The molecule has 5 nitrogen and oxygen atoms in total. The van der Waals surface area contributed by atoms with E-state index in [1.54, 1.807) is 0 Å². The molecule has 2 saturated carbocycles. The average Bonchev–Trinajstić information content (AvgIpc) is 2.56. The van der Waals surface area contributed by atoms with Crippen LogP contribution in [0.3, 0.4) is 0 Å². The molecule has 0 aliphatic heterocycles. The predicted octanol–water partition coefficient (Wildman–Crippen LogP) is 1.50. The van der Waals surface area contributed by atoms with Crippen molar-refractivity contribution in [2.24, 2.45) is 0 Å². The second kappa shape index (κ2) is 5.30. The zero-order valence-electron chi connectivity index (χ0n) is 13.1. The molecular formula is C13H10F10O5. The van der Waals surface area contributed by atoms with Gasteiger partial charge in [-0.05, 0) is 0 Å². The number of alkyl halides is 10. The summed E-state index contributed by atoms with van der Waals surface area (Å²) in [5, 5.41) is 28.1. The highest BCUT2D eigenvalue weighted by Gasteiger charge is 3.06. The number of ether oxygens (including phenoxy) is 1. The van der Waals surface area contributed by atoms with Crippen LogP contribution in [-0.4, -0.2) is 74.3 Å². The molecule has 162 valence electrons. The van der Waals surface area contributed by atoms with Gasteiger partial charge in [0.15, 0.2) is 5.60 Å². The van der Waals surface area contributed by atoms with Crippen LogP contribution in [0.5, 0.6) is 0 Å². The first-order valence-corrected chi connectivity index (χ1v) is 7.01. The first-order valence-electron chi connectivity index (χ1n) is 7.01. The molecule has 2 fully saturated rings. The van der Waals surface area contributed by atoms with Gasteiger partial charge < -0.3 is 20.1 Å². The average molecular weight is 436 g/mol. The number of fused-ring (bicyclic) bond motifs is 2. The second-order valence-corrected chi connectivity index (χ2v) is 6.42. The Hall–Kier alpha value is -1.61. The molecule has 0 radical (unpaired) electrons. The highest BCUT2D eigenvalue weighted by atomic mass is 19.3. The van der Waals surface area contributed by atoms with Gasteiger partial charge in [0.2, 0.25) is 0 Å². The van der Waals surface area contributed by atoms with Crippen LogP contribution in [0, 0.1) is 0 Å². The summed E-state index contributed by atoms with van der Waals surface area (Å²) in [6, 6.07) is 0. The lowest BCUT2D eigenvalue weighted by Crippen LogP contribution is -2.97. The monoisotopic (exact) mass is 436 g/mol. The lowest BCUT2D eigenvalue weighted by Gasteiger charge is -2.66. The molecule has 4 atom stereocenters. The van der Waals surface area contributed by atoms with Gasteiger partial charge >= 0.3 is 35.5 Å². The fourth-order valence-corrected chi connectivity index (χ4v) is 3.38. The van der Waals surface area contributed by atoms with Crippen LogP contribution >= 0.6 is 0 Å². The number of aliphatic hydroxyl groups is 3. The zero-order valence-corrected chi connectivity index (χ0v) is 13.1. The van der Waals surface area contributed by atoms with Crippen molar-refractivity contribution in [2.45, 2.75) is 52.8 Å². The molecule has 4 unspecified atom stereocenters. The number of hydrogen-bond donors (Lipinski definition) is 3. The Morgan fingerprint density at radius 1 is 0.893 bits per heavy atom. The lowest BCUT2D eigenvalue weighted by atomic mass is 9.52. The predicted molar refractivity (Wildman–Crippen MR) is 65.4 cm³/mol. The molecule has 0 amide bonds. The van der Waals surface area contributed by atoms with Gasteiger partial charge in [0.25, 0.3) is 11.2 Å². The molecule has 0 spiro atoms. The van der Waals surface area contributed by atoms with E-state index in [4.69, 9.17) is 5.11 Å². The number of hydrogen-bond acceptors (Lipinski definition) is 5. The smallest absolute Gasteiger partial charge is 0.356 e. The molecule has 2 bridgehead atoms. The Bertz CT molecular complexity index is 724. The summed E-state index contributed by atoms with van der Waals surface area (Å²) < 4.78 is 146. The summed E-state index contributed by atoms with van der Waals surface area (Å²) in [6.07, 6.45) is -3.25. The molecule has 2 aliphatic rings. The molecule has 0 saturated heterocycles. The van der Waals surface area contributed by atoms with E-state index in [9.17, 15) is 58.9 Å². The maximum Gasteiger partial charge on any atom is 0.356 e. The van der Waals surface area contributed by atoms with Gasteiger partial charge in [-0.25, -0.2) is 9.18 Å². The summed E-state index contributed by atoms with van der Waals surface area (Å²) in [5.41, 5.74) is -17.2. The van der Waals surface area contributed by atoms with Crippen LogP contribution in [0.4, 0.5) is 43.9 Å². The van der Waals surface area contributed by atoms with E-state index in [0.29, 0.717) is 0 Å². The molecule has 3 N–H and O–H groups in total. The SMILES string of the molecule is C=CC(=O)OC12CC(O)(CF)C(F)(F)C(O)(C(F)(F)C(O)(F)C1(F)F)C2(F)F. The third kappa shape index (κ3) is 1.79. The number of carbonyl (C=O) groups is 1. The number of carbonyl (C=O) groups excluding carboxylic acids is 1. The standard InChI is InChI=1S/C13H10F10O5/c1-2-5(24)28-7-3-6(25,4-14)9(15,16)8(26,10(7,17)18)12(21,22)13(23,27)11(7,19)20/h2,25-27H,1,3-4H2. The molecule has 15 heteroatoms. The van der Waals surface area contributed by atoms with E-state index in [0.717, 1.165) is 0 Å². The van der Waals surface area contributed by atoms with Gasteiger partial charge in [0.05, 0.1) is 0 Å². The summed E-state index contributed by atoms with van der Waals surface area (Å²) in [7, 11) is 0. The normalized spacial score (nSPS) is 45.2. The van der Waals surface area contributed by atoms with E-state index >= 15 is 0 Å². The fraction of sp³-hybridized carbons (Fsp3) is 0.769. The number of rotatable bonds is 3. The maximum atomic E-state index is 14.6. The fourth-order valence-electron chi connectivity index (χ4n) is 3.38.